The summed E-state index contributed by atoms with van der Waals surface area (Å²) in [6, 6.07) is 31.4. The van der Waals surface area contributed by atoms with E-state index in [2.05, 4.69) is 5.32 Å². The van der Waals surface area contributed by atoms with Crippen molar-refractivity contribution in [2.24, 2.45) is 36.1 Å². The fraction of sp³-hybridized carbons (Fsp3) is 0.239. The van der Waals surface area contributed by atoms with Crippen LogP contribution in [0.5, 0.6) is 5.75 Å². The third kappa shape index (κ3) is 5.26. The first-order valence-corrected chi connectivity index (χ1v) is 20.5. The summed E-state index contributed by atoms with van der Waals surface area (Å²) >= 11 is 7.90. The van der Waals surface area contributed by atoms with E-state index in [0.717, 1.165) is 37.5 Å². The van der Waals surface area contributed by atoms with Crippen LogP contribution >= 0.6 is 22.9 Å². The summed E-state index contributed by atoms with van der Waals surface area (Å²) in [6.45, 7) is 3.82. The zero-order valence-corrected chi connectivity index (χ0v) is 33.4. The molecule has 290 valence electrons. The molecule has 2 saturated heterocycles. The van der Waals surface area contributed by atoms with Crippen LogP contribution in [-0.2, 0) is 26.2 Å². The zero-order chi connectivity index (χ0) is 40.2. The molecule has 0 radical (unpaired) electrons. The van der Waals surface area contributed by atoms with Gasteiger partial charge in [-0.3, -0.25) is 28.8 Å². The van der Waals surface area contributed by atoms with Gasteiger partial charge in [0.25, 0.3) is 0 Å². The number of nitrogens with one attached hydrogen (secondary N) is 1. The van der Waals surface area contributed by atoms with Crippen LogP contribution in [0.1, 0.15) is 36.8 Å². The molecule has 2 aliphatic carbocycles. The molecule has 58 heavy (non-hydrogen) atoms. The number of aromatic hydroxyl groups is 1. The third-order valence-electron chi connectivity index (χ3n) is 12.9. The summed E-state index contributed by atoms with van der Waals surface area (Å²) in [5, 5.41) is 21.2. The first kappa shape index (κ1) is 36.3. The highest BCUT2D eigenvalue weighted by Crippen LogP contribution is 2.64. The van der Waals surface area contributed by atoms with Crippen molar-refractivity contribution in [1.29, 1.82) is 0 Å². The molecule has 10 rings (SSSR count). The molecule has 4 aliphatic rings. The Bertz CT molecular complexity index is 2760. The fourth-order valence-corrected chi connectivity index (χ4v) is 11.5. The van der Waals surface area contributed by atoms with E-state index in [1.165, 1.54) is 9.80 Å². The van der Waals surface area contributed by atoms with Crippen molar-refractivity contribution in [3.05, 3.63) is 131 Å². The van der Waals surface area contributed by atoms with Crippen LogP contribution in [0.15, 0.2) is 115 Å². The lowest BCUT2D eigenvalue weighted by Crippen LogP contribution is -2.49. The van der Waals surface area contributed by atoms with Gasteiger partial charge in [0.2, 0.25) is 23.6 Å². The Morgan fingerprint density at radius 3 is 2.33 bits per heavy atom. The van der Waals surface area contributed by atoms with Crippen LogP contribution < -0.4 is 15.1 Å². The van der Waals surface area contributed by atoms with Gasteiger partial charge in [0.15, 0.2) is 0 Å². The molecule has 6 atom stereocenters. The molecule has 12 heteroatoms. The van der Waals surface area contributed by atoms with E-state index in [-0.39, 0.29) is 24.0 Å². The molecular weight excluding hydrogens is 770 g/mol. The van der Waals surface area contributed by atoms with Gasteiger partial charge in [0, 0.05) is 45.7 Å². The maximum atomic E-state index is 15.1. The Hall–Kier alpha value is -6.04. The first-order chi connectivity index (χ1) is 27.9. The van der Waals surface area contributed by atoms with Crippen LogP contribution in [0.3, 0.4) is 0 Å². The highest BCUT2D eigenvalue weighted by atomic mass is 35.5. The van der Waals surface area contributed by atoms with Gasteiger partial charge in [-0.1, -0.05) is 59.6 Å². The monoisotopic (exact) mass is 807 g/mol. The quantitative estimate of drug-likeness (QED) is 0.127. The maximum Gasteiger partial charge on any atom is 0.242 e. The SMILES string of the molecule is Cc1c(-c2cc(N3C(=O)[C@@H]4C[C@@H]5C(=CC[C@@H]6C(=O)N(c7ccc(Nc8ccccc8)cc7)C(=O)[C@@H]65)[C@H](c5ccccc5O)[C@]4(C)C3=O)n(C)n2)sc2ccc(Cl)cc12. The van der Waals surface area contributed by atoms with Crippen LogP contribution in [0.4, 0.5) is 22.9 Å². The number of carbonyl (C=O) groups excluding carboxylic acids is 4. The smallest absolute Gasteiger partial charge is 0.242 e. The highest BCUT2D eigenvalue weighted by Gasteiger charge is 2.68. The number of aromatic nitrogens is 2. The summed E-state index contributed by atoms with van der Waals surface area (Å²) in [6.07, 6.45) is 2.49. The van der Waals surface area contributed by atoms with Gasteiger partial charge in [-0.2, -0.15) is 5.10 Å². The third-order valence-corrected chi connectivity index (χ3v) is 14.5. The number of fused-ring (bicyclic) bond motifs is 5. The molecular formula is C46H38ClN5O5S. The van der Waals surface area contributed by atoms with Gasteiger partial charge in [-0.05, 0) is 104 Å². The first-order valence-electron chi connectivity index (χ1n) is 19.3. The molecule has 2 N–H and O–H groups in total. The number of nitrogens with zero attached hydrogens (tertiary/aromatic N) is 4. The lowest BCUT2D eigenvalue weighted by molar-refractivity contribution is -0.131. The minimum atomic E-state index is -1.31. The number of phenolic OH excluding ortho intramolecular Hbond substituents is 1. The van der Waals surface area contributed by atoms with Crippen molar-refractivity contribution >= 4 is 79.5 Å². The predicted molar refractivity (Wildman–Crippen MR) is 225 cm³/mol. The fourth-order valence-electron chi connectivity index (χ4n) is 10.2. The second kappa shape index (κ2) is 13.3. The van der Waals surface area contributed by atoms with Crippen molar-refractivity contribution < 1.29 is 24.3 Å². The van der Waals surface area contributed by atoms with Gasteiger partial charge in [0.1, 0.15) is 17.3 Å². The average molecular weight is 808 g/mol. The molecule has 4 aromatic carbocycles. The molecule has 2 aliphatic heterocycles. The van der Waals surface area contributed by atoms with Crippen LogP contribution in [0, 0.1) is 36.0 Å². The Morgan fingerprint density at radius 2 is 1.57 bits per heavy atom. The van der Waals surface area contributed by atoms with E-state index < -0.39 is 46.8 Å². The highest BCUT2D eigenvalue weighted by molar-refractivity contribution is 7.22. The minimum absolute atomic E-state index is 0.00217. The maximum absolute atomic E-state index is 15.1. The van der Waals surface area contributed by atoms with Crippen molar-refractivity contribution in [3.8, 4) is 16.3 Å². The Labute approximate surface area is 343 Å². The summed E-state index contributed by atoms with van der Waals surface area (Å²) < 4.78 is 2.61. The van der Waals surface area contributed by atoms with Crippen LogP contribution in [0.25, 0.3) is 20.7 Å². The van der Waals surface area contributed by atoms with E-state index in [9.17, 15) is 19.5 Å². The second-order valence-electron chi connectivity index (χ2n) is 16.0. The topological polar surface area (TPSA) is 125 Å². The van der Waals surface area contributed by atoms with E-state index in [1.807, 2.05) is 80.6 Å². The van der Waals surface area contributed by atoms with E-state index in [1.54, 1.807) is 65.5 Å². The number of para-hydroxylation sites is 2. The largest absolute Gasteiger partial charge is 0.508 e. The molecule has 1 saturated carbocycles. The number of hydrogen-bond acceptors (Lipinski definition) is 8. The van der Waals surface area contributed by atoms with E-state index in [0.29, 0.717) is 34.2 Å². The number of amides is 4. The normalized spacial score (nSPS) is 25.2. The van der Waals surface area contributed by atoms with Crippen molar-refractivity contribution in [2.75, 3.05) is 15.1 Å². The standard InChI is InChI=1S/C46H38ClN5O5S/c1-24-32-21-25(47)13-20-37(32)58-41(24)35-23-38(50(3)49-35)52-43(55)34-22-33-29(40(46(34,2)45(52)57)30-11-7-8-12-36(30)53)18-19-31-39(33)44(56)51(42(31)54)28-16-14-27(15-17-28)48-26-9-5-4-6-10-26/h4-18,20-21,23,31,33-34,39-40,48,53H,19,22H2,1-3H3/t31-,33+,34-,39-,40+,46+/m0/s1. The molecule has 6 aromatic rings. The number of anilines is 4. The number of hydrogen-bond donors (Lipinski definition) is 2. The van der Waals surface area contributed by atoms with E-state index in [4.69, 9.17) is 16.7 Å². The van der Waals surface area contributed by atoms with Crippen LogP contribution in [-0.4, -0.2) is 38.5 Å². The number of benzene rings is 4. The second-order valence-corrected chi connectivity index (χ2v) is 17.5. The zero-order valence-electron chi connectivity index (χ0n) is 31.8. The molecule has 2 aromatic heterocycles. The van der Waals surface area contributed by atoms with Gasteiger partial charge in [0.05, 0.1) is 33.7 Å². The van der Waals surface area contributed by atoms with Crippen LogP contribution in [0.2, 0.25) is 5.02 Å². The number of allylic oxidation sites excluding steroid dienone is 2. The Kier molecular flexibility index (Phi) is 8.30. The minimum Gasteiger partial charge on any atom is -0.508 e. The predicted octanol–water partition coefficient (Wildman–Crippen LogP) is 9.15. The number of aryl methyl sites for hydroxylation is 2. The number of carbonyl (C=O) groups is 4. The number of imide groups is 2. The van der Waals surface area contributed by atoms with Crippen molar-refractivity contribution in [1.82, 2.24) is 9.78 Å². The number of rotatable bonds is 6. The molecule has 0 unspecified atom stereocenters. The van der Waals surface area contributed by atoms with Gasteiger partial charge >= 0.3 is 0 Å². The summed E-state index contributed by atoms with van der Waals surface area (Å²) in [5.74, 6) is -4.52. The summed E-state index contributed by atoms with van der Waals surface area (Å²) in [7, 11) is 1.72. The summed E-state index contributed by atoms with van der Waals surface area (Å²) in [5.41, 5.74) is 3.83. The van der Waals surface area contributed by atoms with Crippen molar-refractivity contribution in [3.63, 3.8) is 0 Å². The molecule has 10 nitrogen and oxygen atoms in total. The molecule has 0 bridgehead atoms. The van der Waals surface area contributed by atoms with Crippen molar-refractivity contribution in [2.45, 2.75) is 32.6 Å². The molecule has 0 spiro atoms. The van der Waals surface area contributed by atoms with Gasteiger partial charge in [-0.25, -0.2) is 4.90 Å². The molecule has 4 amide bonds. The Balaban J connectivity index is 1.02. The number of thiophene rings is 1. The Morgan fingerprint density at radius 1 is 0.845 bits per heavy atom. The van der Waals surface area contributed by atoms with Gasteiger partial charge < -0.3 is 10.4 Å². The molecule has 4 heterocycles. The number of halogens is 1. The lowest BCUT2D eigenvalue weighted by Gasteiger charge is -2.49. The van der Waals surface area contributed by atoms with Gasteiger partial charge in [-0.15, -0.1) is 11.3 Å². The average Bonchev–Trinajstić information content (AvgIpc) is 3.89. The lowest BCUT2D eigenvalue weighted by atomic mass is 9.51. The summed E-state index contributed by atoms with van der Waals surface area (Å²) in [4.78, 5) is 62.3. The van der Waals surface area contributed by atoms with E-state index >= 15 is 4.79 Å². The molecule has 3 fully saturated rings. The number of phenols is 1.